The molecule has 0 radical (unpaired) electrons. The third-order valence-corrected chi connectivity index (χ3v) is 2.52. The Hall–Kier alpha value is -2.46. The number of imidazole rings is 1. The van der Waals surface area contributed by atoms with Gasteiger partial charge >= 0.3 is 0 Å². The molecular formula is C13H11N3O. The maximum absolute atomic E-state index is 8.76. The minimum absolute atomic E-state index is 0.249. The van der Waals surface area contributed by atoms with Crippen LogP contribution in [0.1, 0.15) is 5.82 Å². The van der Waals surface area contributed by atoms with Gasteiger partial charge in [-0.15, -0.1) is 6.42 Å². The highest BCUT2D eigenvalue weighted by atomic mass is 16.5. The van der Waals surface area contributed by atoms with Crippen LogP contribution in [0.25, 0.3) is 11.0 Å². The van der Waals surface area contributed by atoms with Crippen LogP contribution in [0.4, 0.5) is 0 Å². The fraction of sp³-hybridized carbons (Fsp3) is 0.231. The average molecular weight is 225 g/mol. The van der Waals surface area contributed by atoms with Gasteiger partial charge in [-0.1, -0.05) is 5.92 Å². The van der Waals surface area contributed by atoms with E-state index in [0.29, 0.717) is 12.4 Å². The van der Waals surface area contributed by atoms with E-state index in [2.05, 4.69) is 17.0 Å². The molecule has 0 saturated heterocycles. The van der Waals surface area contributed by atoms with Gasteiger partial charge in [0.1, 0.15) is 11.6 Å². The van der Waals surface area contributed by atoms with Crippen molar-refractivity contribution in [2.45, 2.75) is 13.0 Å². The third kappa shape index (κ3) is 1.93. The van der Waals surface area contributed by atoms with E-state index in [0.717, 1.165) is 16.8 Å². The number of ether oxygens (including phenoxy) is 1. The lowest BCUT2D eigenvalue weighted by atomic mass is 10.3. The van der Waals surface area contributed by atoms with Gasteiger partial charge < -0.3 is 9.30 Å². The summed E-state index contributed by atoms with van der Waals surface area (Å²) in [5.41, 5.74) is 1.72. The molecule has 0 aliphatic rings. The van der Waals surface area contributed by atoms with Crippen molar-refractivity contribution in [2.24, 2.45) is 0 Å². The number of methoxy groups -OCH3 is 1. The first-order valence-electron chi connectivity index (χ1n) is 5.13. The molecule has 84 valence electrons. The minimum atomic E-state index is 0.249. The molecule has 0 bridgehead atoms. The van der Waals surface area contributed by atoms with Crippen molar-refractivity contribution in [3.05, 3.63) is 24.0 Å². The van der Waals surface area contributed by atoms with Gasteiger partial charge in [0.2, 0.25) is 0 Å². The first kappa shape index (κ1) is 11.0. The number of terminal acetylenes is 1. The number of nitriles is 1. The van der Waals surface area contributed by atoms with Gasteiger partial charge in [-0.05, 0) is 12.1 Å². The van der Waals surface area contributed by atoms with E-state index in [9.17, 15) is 0 Å². The van der Waals surface area contributed by atoms with Crippen molar-refractivity contribution in [3.63, 3.8) is 0 Å². The fourth-order valence-electron chi connectivity index (χ4n) is 1.76. The molecule has 0 spiro atoms. The molecule has 2 aromatic rings. The average Bonchev–Trinajstić information content (AvgIpc) is 2.68. The Labute approximate surface area is 99.4 Å². The van der Waals surface area contributed by atoms with Crippen LogP contribution in [0.3, 0.4) is 0 Å². The Bertz CT molecular complexity index is 628. The molecule has 4 nitrogen and oxygen atoms in total. The van der Waals surface area contributed by atoms with Gasteiger partial charge in [0.25, 0.3) is 0 Å². The molecule has 1 heterocycles. The maximum atomic E-state index is 8.76. The highest BCUT2D eigenvalue weighted by Gasteiger charge is 2.10. The van der Waals surface area contributed by atoms with Crippen LogP contribution in [0.15, 0.2) is 18.2 Å². The van der Waals surface area contributed by atoms with Crippen molar-refractivity contribution in [1.29, 1.82) is 5.26 Å². The zero-order valence-corrected chi connectivity index (χ0v) is 9.47. The number of nitrogens with zero attached hydrogens (tertiary/aromatic N) is 3. The summed E-state index contributed by atoms with van der Waals surface area (Å²) in [6.45, 7) is 0.417. The summed E-state index contributed by atoms with van der Waals surface area (Å²) in [4.78, 5) is 4.39. The molecule has 0 fully saturated rings. The molecule has 2 rings (SSSR count). The maximum Gasteiger partial charge on any atom is 0.124 e. The summed E-state index contributed by atoms with van der Waals surface area (Å²) in [5, 5.41) is 8.76. The Morgan fingerprint density at radius 3 is 3.00 bits per heavy atom. The van der Waals surface area contributed by atoms with E-state index >= 15 is 0 Å². The first-order chi connectivity index (χ1) is 8.30. The topological polar surface area (TPSA) is 50.8 Å². The second-order valence-electron chi connectivity index (χ2n) is 3.51. The summed E-state index contributed by atoms with van der Waals surface area (Å²) < 4.78 is 7.01. The lowest BCUT2D eigenvalue weighted by Gasteiger charge is -2.02. The predicted octanol–water partition coefficient (Wildman–Crippen LogP) is 1.74. The van der Waals surface area contributed by atoms with E-state index in [4.69, 9.17) is 16.4 Å². The summed E-state index contributed by atoms with van der Waals surface area (Å²) >= 11 is 0. The molecule has 4 heteroatoms. The van der Waals surface area contributed by atoms with Gasteiger partial charge in [-0.2, -0.15) is 5.26 Å². The number of hydrogen-bond donors (Lipinski definition) is 0. The van der Waals surface area contributed by atoms with E-state index in [-0.39, 0.29) is 6.42 Å². The zero-order valence-electron chi connectivity index (χ0n) is 9.47. The lowest BCUT2D eigenvalue weighted by molar-refractivity contribution is 0.415. The SMILES string of the molecule is C#CCn1c(CC#N)nc2cc(OC)ccc21. The molecular weight excluding hydrogens is 214 g/mol. The van der Waals surface area contributed by atoms with E-state index < -0.39 is 0 Å². The Morgan fingerprint density at radius 2 is 2.35 bits per heavy atom. The third-order valence-electron chi connectivity index (χ3n) is 2.52. The summed E-state index contributed by atoms with van der Waals surface area (Å²) in [7, 11) is 1.61. The van der Waals surface area contributed by atoms with Gasteiger partial charge in [-0.25, -0.2) is 4.98 Å². The highest BCUT2D eigenvalue weighted by molar-refractivity contribution is 5.78. The van der Waals surface area contributed by atoms with Crippen molar-refractivity contribution in [3.8, 4) is 24.2 Å². The van der Waals surface area contributed by atoms with Gasteiger partial charge in [0, 0.05) is 6.07 Å². The number of aromatic nitrogens is 2. The van der Waals surface area contributed by atoms with Crippen LogP contribution < -0.4 is 4.74 Å². The van der Waals surface area contributed by atoms with Crippen molar-refractivity contribution >= 4 is 11.0 Å². The Kier molecular flexibility index (Phi) is 2.98. The van der Waals surface area contributed by atoms with Crippen molar-refractivity contribution in [1.82, 2.24) is 9.55 Å². The summed E-state index contributed by atoms with van der Waals surface area (Å²) in [6.07, 6.45) is 5.57. The molecule has 1 aromatic carbocycles. The number of benzene rings is 1. The lowest BCUT2D eigenvalue weighted by Crippen LogP contribution is -2.01. The largest absolute Gasteiger partial charge is 0.497 e. The molecule has 0 aliphatic carbocycles. The second-order valence-corrected chi connectivity index (χ2v) is 3.51. The van der Waals surface area contributed by atoms with Crippen LogP contribution in [-0.4, -0.2) is 16.7 Å². The molecule has 0 atom stereocenters. The Balaban J connectivity index is 2.62. The van der Waals surface area contributed by atoms with Gasteiger partial charge in [0.05, 0.1) is 37.2 Å². The molecule has 1 aromatic heterocycles. The van der Waals surface area contributed by atoms with E-state index in [1.165, 1.54) is 0 Å². The van der Waals surface area contributed by atoms with Crippen LogP contribution in [0, 0.1) is 23.7 Å². The van der Waals surface area contributed by atoms with Crippen LogP contribution in [-0.2, 0) is 13.0 Å². The minimum Gasteiger partial charge on any atom is -0.497 e. The van der Waals surface area contributed by atoms with Gasteiger partial charge in [-0.3, -0.25) is 0 Å². The molecule has 0 saturated carbocycles. The van der Waals surface area contributed by atoms with Crippen LogP contribution in [0.2, 0.25) is 0 Å². The highest BCUT2D eigenvalue weighted by Crippen LogP contribution is 2.21. The summed E-state index contributed by atoms with van der Waals surface area (Å²) in [5.74, 6) is 4.00. The van der Waals surface area contributed by atoms with Crippen molar-refractivity contribution < 1.29 is 4.74 Å². The second kappa shape index (κ2) is 4.59. The summed E-state index contributed by atoms with van der Waals surface area (Å²) in [6, 6.07) is 7.68. The molecule has 0 aliphatic heterocycles. The van der Waals surface area contributed by atoms with E-state index in [1.807, 2.05) is 22.8 Å². The number of rotatable bonds is 3. The zero-order chi connectivity index (χ0) is 12.3. The standard InChI is InChI=1S/C13H11N3O/c1-3-8-16-12-5-4-10(17-2)9-11(12)15-13(16)6-7-14/h1,4-5,9H,6,8H2,2H3. The number of hydrogen-bond acceptors (Lipinski definition) is 3. The van der Waals surface area contributed by atoms with E-state index in [1.54, 1.807) is 7.11 Å². The Morgan fingerprint density at radius 1 is 1.53 bits per heavy atom. The predicted molar refractivity (Wildman–Crippen MR) is 64.4 cm³/mol. The molecule has 0 unspecified atom stereocenters. The monoisotopic (exact) mass is 225 g/mol. The molecule has 0 amide bonds. The fourth-order valence-corrected chi connectivity index (χ4v) is 1.76. The van der Waals surface area contributed by atoms with Crippen LogP contribution >= 0.6 is 0 Å². The quantitative estimate of drug-likeness (QED) is 0.748. The van der Waals surface area contributed by atoms with Crippen molar-refractivity contribution in [2.75, 3.05) is 7.11 Å². The molecule has 17 heavy (non-hydrogen) atoms. The van der Waals surface area contributed by atoms with Gasteiger partial charge in [0.15, 0.2) is 0 Å². The first-order valence-corrected chi connectivity index (χ1v) is 5.13. The molecule has 0 N–H and O–H groups in total. The normalized spacial score (nSPS) is 9.82. The van der Waals surface area contributed by atoms with Crippen LogP contribution in [0.5, 0.6) is 5.75 Å². The number of fused-ring (bicyclic) bond motifs is 1. The smallest absolute Gasteiger partial charge is 0.124 e.